The van der Waals surface area contributed by atoms with Gasteiger partial charge in [-0.05, 0) is 19.1 Å². The van der Waals surface area contributed by atoms with Crippen LogP contribution in [-0.4, -0.2) is 34.8 Å². The number of thiazole rings is 1. The molecule has 2 aromatic heterocycles. The van der Waals surface area contributed by atoms with Crippen LogP contribution >= 0.6 is 11.3 Å². The molecule has 0 unspecified atom stereocenters. The Labute approximate surface area is 159 Å². The Hall–Kier alpha value is -3.38. The molecular formula is C18H16N4O4S. The van der Waals surface area contributed by atoms with Crippen LogP contribution in [0.5, 0.6) is 5.75 Å². The Morgan fingerprint density at radius 2 is 2.15 bits per heavy atom. The summed E-state index contributed by atoms with van der Waals surface area (Å²) < 4.78 is 17.4. The third-order valence-electron chi connectivity index (χ3n) is 3.65. The minimum Gasteiger partial charge on any atom is -0.503 e. The molecule has 0 spiro atoms. The number of nitrogens with zero attached hydrogens (tertiary/aromatic N) is 4. The fourth-order valence-electron chi connectivity index (χ4n) is 2.47. The number of hydrogen-bond acceptors (Lipinski definition) is 8. The molecule has 0 aliphatic carbocycles. The summed E-state index contributed by atoms with van der Waals surface area (Å²) in [5.74, 6) is 0.496. The summed E-state index contributed by atoms with van der Waals surface area (Å²) in [6.45, 7) is 1.86. The summed E-state index contributed by atoms with van der Waals surface area (Å²) in [7, 11) is 2.75. The molecule has 0 amide bonds. The van der Waals surface area contributed by atoms with E-state index < -0.39 is 5.97 Å². The van der Waals surface area contributed by atoms with Crippen LogP contribution in [0.2, 0.25) is 0 Å². The maximum absolute atomic E-state index is 12.2. The molecule has 0 atom stereocenters. The van der Waals surface area contributed by atoms with E-state index in [0.717, 1.165) is 0 Å². The molecule has 3 rings (SSSR count). The van der Waals surface area contributed by atoms with Gasteiger partial charge >= 0.3 is 5.97 Å². The quantitative estimate of drug-likeness (QED) is 0.366. The van der Waals surface area contributed by atoms with Gasteiger partial charge in [-0.2, -0.15) is 10.4 Å². The van der Waals surface area contributed by atoms with Gasteiger partial charge in [0.2, 0.25) is 4.96 Å². The second-order valence-electron chi connectivity index (χ2n) is 5.39. The van der Waals surface area contributed by atoms with Crippen molar-refractivity contribution < 1.29 is 19.0 Å². The normalized spacial score (nSPS) is 11.3. The van der Waals surface area contributed by atoms with E-state index in [4.69, 9.17) is 14.2 Å². The summed E-state index contributed by atoms with van der Waals surface area (Å²) in [6, 6.07) is 9.01. The number of hydrogen-bond donors (Lipinski definition) is 0. The molecule has 0 aliphatic heterocycles. The highest BCUT2D eigenvalue weighted by molar-refractivity contribution is 7.18. The standard InChI is InChI=1S/C18H16N4O4S/c1-11-20-18-22(21-11)14(10-26-15-7-5-4-6-12(15)8-19)16(27-18)13(9-24-2)17(23)25-3/h4-7,9H,10H2,1-3H3. The van der Waals surface area contributed by atoms with Gasteiger partial charge in [0.25, 0.3) is 0 Å². The number of carbonyl (C=O) groups is 1. The van der Waals surface area contributed by atoms with E-state index in [1.54, 1.807) is 35.7 Å². The molecule has 138 valence electrons. The average molecular weight is 384 g/mol. The van der Waals surface area contributed by atoms with Gasteiger partial charge in [-0.1, -0.05) is 23.5 Å². The summed E-state index contributed by atoms with van der Waals surface area (Å²) >= 11 is 1.28. The van der Waals surface area contributed by atoms with Crippen LogP contribution in [0, 0.1) is 18.3 Å². The lowest BCUT2D eigenvalue weighted by Gasteiger charge is -2.10. The van der Waals surface area contributed by atoms with E-state index >= 15 is 0 Å². The van der Waals surface area contributed by atoms with Gasteiger partial charge < -0.3 is 14.2 Å². The van der Waals surface area contributed by atoms with Crippen LogP contribution in [-0.2, 0) is 20.9 Å². The van der Waals surface area contributed by atoms with Gasteiger partial charge in [-0.3, -0.25) is 0 Å². The SMILES string of the molecule is COC=C(C(=O)OC)c1sc2nc(C)nn2c1COc1ccccc1C#N. The Bertz CT molecular complexity index is 1060. The molecular weight excluding hydrogens is 368 g/mol. The number of nitriles is 1. The molecule has 0 bridgehead atoms. The lowest BCUT2D eigenvalue weighted by molar-refractivity contribution is -0.133. The molecule has 8 nitrogen and oxygen atoms in total. The molecule has 0 saturated heterocycles. The van der Waals surface area contributed by atoms with Gasteiger partial charge in [-0.15, -0.1) is 0 Å². The lowest BCUT2D eigenvalue weighted by Crippen LogP contribution is -2.09. The highest BCUT2D eigenvalue weighted by atomic mass is 32.1. The minimum atomic E-state index is -0.545. The molecule has 2 heterocycles. The zero-order valence-corrected chi connectivity index (χ0v) is 15.7. The van der Waals surface area contributed by atoms with Gasteiger partial charge in [0.05, 0.1) is 30.9 Å². The van der Waals surface area contributed by atoms with Crippen LogP contribution < -0.4 is 4.74 Å². The first-order valence-corrected chi connectivity index (χ1v) is 8.69. The molecule has 3 aromatic rings. The zero-order valence-electron chi connectivity index (χ0n) is 14.9. The highest BCUT2D eigenvalue weighted by Gasteiger charge is 2.24. The predicted octanol–water partition coefficient (Wildman–Crippen LogP) is 2.71. The summed E-state index contributed by atoms with van der Waals surface area (Å²) in [4.78, 5) is 17.7. The van der Waals surface area contributed by atoms with Crippen LogP contribution in [0.15, 0.2) is 30.5 Å². The topological polar surface area (TPSA) is 98.7 Å². The van der Waals surface area contributed by atoms with Crippen molar-refractivity contribution in [3.8, 4) is 11.8 Å². The van der Waals surface area contributed by atoms with Crippen molar-refractivity contribution in [2.75, 3.05) is 14.2 Å². The summed E-state index contributed by atoms with van der Waals surface area (Å²) in [5, 5.41) is 13.6. The molecule has 0 radical (unpaired) electrons. The summed E-state index contributed by atoms with van der Waals surface area (Å²) in [6.07, 6.45) is 1.32. The molecule has 27 heavy (non-hydrogen) atoms. The first-order chi connectivity index (χ1) is 13.1. The van der Waals surface area contributed by atoms with E-state index in [1.165, 1.54) is 31.8 Å². The molecule has 9 heteroatoms. The number of methoxy groups -OCH3 is 2. The Kier molecular flexibility index (Phi) is 5.38. The van der Waals surface area contributed by atoms with Crippen LogP contribution in [0.3, 0.4) is 0 Å². The monoisotopic (exact) mass is 384 g/mol. The van der Waals surface area contributed by atoms with Crippen molar-refractivity contribution in [3.05, 3.63) is 52.5 Å². The van der Waals surface area contributed by atoms with Crippen molar-refractivity contribution >= 4 is 27.8 Å². The third-order valence-corrected chi connectivity index (χ3v) is 4.76. The highest BCUT2D eigenvalue weighted by Crippen LogP contribution is 2.31. The maximum Gasteiger partial charge on any atom is 0.342 e. The Balaban J connectivity index is 2.06. The number of ether oxygens (including phenoxy) is 3. The molecule has 0 saturated carbocycles. The van der Waals surface area contributed by atoms with Crippen molar-refractivity contribution in [1.82, 2.24) is 14.6 Å². The van der Waals surface area contributed by atoms with E-state index in [-0.39, 0.29) is 12.2 Å². The fraction of sp³-hybridized carbons (Fsp3) is 0.222. The number of para-hydroxylation sites is 1. The van der Waals surface area contributed by atoms with E-state index in [1.807, 2.05) is 0 Å². The van der Waals surface area contributed by atoms with E-state index in [2.05, 4.69) is 16.2 Å². The van der Waals surface area contributed by atoms with Gasteiger partial charge in [0.1, 0.15) is 35.5 Å². The molecule has 0 fully saturated rings. The van der Waals surface area contributed by atoms with E-state index in [9.17, 15) is 10.1 Å². The largest absolute Gasteiger partial charge is 0.503 e. The minimum absolute atomic E-state index is 0.0782. The average Bonchev–Trinajstić information content (AvgIpc) is 3.20. The van der Waals surface area contributed by atoms with E-state index in [0.29, 0.717) is 32.7 Å². The van der Waals surface area contributed by atoms with Crippen molar-refractivity contribution in [3.63, 3.8) is 0 Å². The third kappa shape index (κ3) is 3.61. The van der Waals surface area contributed by atoms with Crippen LogP contribution in [0.25, 0.3) is 10.5 Å². The lowest BCUT2D eigenvalue weighted by atomic mass is 10.2. The van der Waals surface area contributed by atoms with Crippen molar-refractivity contribution in [2.45, 2.75) is 13.5 Å². The first-order valence-electron chi connectivity index (χ1n) is 7.87. The summed E-state index contributed by atoms with van der Waals surface area (Å²) in [5.41, 5.74) is 1.26. The second-order valence-corrected chi connectivity index (χ2v) is 6.36. The number of benzene rings is 1. The van der Waals surface area contributed by atoms with Gasteiger partial charge in [0.15, 0.2) is 0 Å². The number of rotatable bonds is 6. The van der Waals surface area contributed by atoms with Crippen LogP contribution in [0.1, 0.15) is 22.0 Å². The predicted molar refractivity (Wildman–Crippen MR) is 98.1 cm³/mol. The Morgan fingerprint density at radius 1 is 1.37 bits per heavy atom. The maximum atomic E-state index is 12.2. The second kappa shape index (κ2) is 7.88. The molecule has 1 aromatic carbocycles. The number of carbonyl (C=O) groups excluding carboxylic acids is 1. The zero-order chi connectivity index (χ0) is 19.4. The van der Waals surface area contributed by atoms with Crippen molar-refractivity contribution in [1.29, 1.82) is 5.26 Å². The van der Waals surface area contributed by atoms with Gasteiger partial charge in [0, 0.05) is 0 Å². The van der Waals surface area contributed by atoms with Gasteiger partial charge in [-0.25, -0.2) is 14.3 Å². The Morgan fingerprint density at radius 3 is 2.85 bits per heavy atom. The molecule has 0 aliphatic rings. The first kappa shape index (κ1) is 18.4. The fourth-order valence-corrected chi connectivity index (χ4v) is 3.58. The van der Waals surface area contributed by atoms with Crippen LogP contribution in [0.4, 0.5) is 0 Å². The smallest absolute Gasteiger partial charge is 0.342 e. The number of aromatic nitrogens is 3. The number of fused-ring (bicyclic) bond motifs is 1. The number of aryl methyl sites for hydroxylation is 1. The molecule has 0 N–H and O–H groups in total. The van der Waals surface area contributed by atoms with Crippen molar-refractivity contribution in [2.24, 2.45) is 0 Å². The number of esters is 1.